The Labute approximate surface area is 172 Å². The number of hydrogen-bond acceptors (Lipinski definition) is 2. The van der Waals surface area contributed by atoms with E-state index in [0.29, 0.717) is 16.8 Å². The molecule has 2 heterocycles. The molecule has 0 saturated carbocycles. The number of aryl methyl sites for hydroxylation is 1. The molecule has 30 heavy (non-hydrogen) atoms. The van der Waals surface area contributed by atoms with Crippen LogP contribution < -0.4 is 5.32 Å². The van der Waals surface area contributed by atoms with Gasteiger partial charge in [-0.25, -0.2) is 13.6 Å². The number of nitrogens with zero attached hydrogens (tertiary/aromatic N) is 2. The van der Waals surface area contributed by atoms with Crippen molar-refractivity contribution in [2.24, 2.45) is 0 Å². The van der Waals surface area contributed by atoms with E-state index in [1.807, 2.05) is 19.9 Å². The molecular formula is C23H19F2N3O2. The standard InChI is InChI=1S/C23H19F2N3O2/c1-14-11-17(15(2)28(14)21-6-4-3-5-19(21)25)12-20-22(29)27(23(30)26-20)13-16-7-9-18(24)10-8-16/h3-12H,13H2,1-2H3,(H,26,30). The smallest absolute Gasteiger partial charge is 0.315 e. The molecule has 0 bridgehead atoms. The number of benzene rings is 2. The van der Waals surface area contributed by atoms with Crippen molar-refractivity contribution in [3.8, 4) is 5.69 Å². The highest BCUT2D eigenvalue weighted by Crippen LogP contribution is 2.25. The Hall–Kier alpha value is -3.74. The predicted molar refractivity (Wildman–Crippen MR) is 109 cm³/mol. The number of carbonyl (C=O) groups is 2. The van der Waals surface area contributed by atoms with E-state index in [0.717, 1.165) is 16.3 Å². The second kappa shape index (κ2) is 7.59. The van der Waals surface area contributed by atoms with Crippen molar-refractivity contribution < 1.29 is 18.4 Å². The number of para-hydroxylation sites is 1. The minimum Gasteiger partial charge on any atom is -0.315 e. The van der Waals surface area contributed by atoms with E-state index >= 15 is 0 Å². The zero-order chi connectivity index (χ0) is 21.4. The highest BCUT2D eigenvalue weighted by Gasteiger charge is 2.33. The van der Waals surface area contributed by atoms with Gasteiger partial charge in [-0.15, -0.1) is 0 Å². The van der Waals surface area contributed by atoms with Crippen molar-refractivity contribution in [2.45, 2.75) is 20.4 Å². The molecular weight excluding hydrogens is 388 g/mol. The van der Waals surface area contributed by atoms with Crippen LogP contribution in [-0.4, -0.2) is 21.4 Å². The largest absolute Gasteiger partial charge is 0.329 e. The highest BCUT2D eigenvalue weighted by molar-refractivity contribution is 6.13. The lowest BCUT2D eigenvalue weighted by Gasteiger charge is -2.11. The molecule has 5 nitrogen and oxygen atoms in total. The highest BCUT2D eigenvalue weighted by atomic mass is 19.1. The number of aromatic nitrogens is 1. The molecule has 3 amide bonds. The molecule has 152 valence electrons. The number of carbonyl (C=O) groups excluding carboxylic acids is 2. The van der Waals surface area contributed by atoms with Gasteiger partial charge in [0.15, 0.2) is 0 Å². The van der Waals surface area contributed by atoms with Crippen LogP contribution in [0, 0.1) is 25.5 Å². The number of urea groups is 1. The fraction of sp³-hybridized carbons (Fsp3) is 0.130. The number of rotatable bonds is 4. The van der Waals surface area contributed by atoms with Gasteiger partial charge in [0.1, 0.15) is 17.3 Å². The normalized spacial score (nSPS) is 15.2. The van der Waals surface area contributed by atoms with Crippen LogP contribution in [0.25, 0.3) is 11.8 Å². The molecule has 1 N–H and O–H groups in total. The van der Waals surface area contributed by atoms with Gasteiger partial charge >= 0.3 is 6.03 Å². The third kappa shape index (κ3) is 3.50. The molecule has 7 heteroatoms. The zero-order valence-corrected chi connectivity index (χ0v) is 16.4. The van der Waals surface area contributed by atoms with Gasteiger partial charge < -0.3 is 9.88 Å². The Bertz CT molecular complexity index is 1180. The average Bonchev–Trinajstić information content (AvgIpc) is 3.14. The third-order valence-electron chi connectivity index (χ3n) is 5.08. The van der Waals surface area contributed by atoms with Crippen molar-refractivity contribution in [1.82, 2.24) is 14.8 Å². The van der Waals surface area contributed by atoms with E-state index in [2.05, 4.69) is 5.32 Å². The first-order chi connectivity index (χ1) is 14.3. The van der Waals surface area contributed by atoms with Crippen molar-refractivity contribution in [3.05, 3.63) is 94.4 Å². The first-order valence-corrected chi connectivity index (χ1v) is 9.38. The third-order valence-corrected chi connectivity index (χ3v) is 5.08. The second-order valence-corrected chi connectivity index (χ2v) is 7.12. The number of hydrogen-bond donors (Lipinski definition) is 1. The maximum atomic E-state index is 14.3. The first-order valence-electron chi connectivity index (χ1n) is 9.38. The van der Waals surface area contributed by atoms with Gasteiger partial charge in [0.25, 0.3) is 5.91 Å². The van der Waals surface area contributed by atoms with Crippen molar-refractivity contribution in [2.75, 3.05) is 0 Å². The van der Waals surface area contributed by atoms with Crippen molar-refractivity contribution in [3.63, 3.8) is 0 Å². The van der Waals surface area contributed by atoms with Gasteiger partial charge in [0, 0.05) is 11.4 Å². The molecule has 3 aromatic rings. The van der Waals surface area contributed by atoms with Crippen LogP contribution in [0.1, 0.15) is 22.5 Å². The minimum atomic E-state index is -0.543. The summed E-state index contributed by atoms with van der Waals surface area (Å²) in [6.45, 7) is 3.71. The van der Waals surface area contributed by atoms with Crippen molar-refractivity contribution in [1.29, 1.82) is 0 Å². The number of halogens is 2. The zero-order valence-electron chi connectivity index (χ0n) is 16.4. The summed E-state index contributed by atoms with van der Waals surface area (Å²) in [5.74, 6) is -1.21. The molecule has 0 aliphatic carbocycles. The maximum absolute atomic E-state index is 14.3. The van der Waals surface area contributed by atoms with E-state index in [1.165, 1.54) is 30.3 Å². The fourth-order valence-electron chi connectivity index (χ4n) is 3.58. The van der Waals surface area contributed by atoms with Crippen LogP contribution in [0.2, 0.25) is 0 Å². The predicted octanol–water partition coefficient (Wildman–Crippen LogP) is 4.47. The van der Waals surface area contributed by atoms with E-state index in [4.69, 9.17) is 0 Å². The molecule has 0 spiro atoms. The quantitative estimate of drug-likeness (QED) is 0.513. The summed E-state index contributed by atoms with van der Waals surface area (Å²) in [7, 11) is 0. The molecule has 1 saturated heterocycles. The van der Waals surface area contributed by atoms with Gasteiger partial charge in [-0.3, -0.25) is 9.69 Å². The Morgan fingerprint density at radius 1 is 1.00 bits per heavy atom. The lowest BCUT2D eigenvalue weighted by molar-refractivity contribution is -0.123. The summed E-state index contributed by atoms with van der Waals surface area (Å²) in [6.07, 6.45) is 1.59. The molecule has 0 radical (unpaired) electrons. The fourth-order valence-corrected chi connectivity index (χ4v) is 3.58. The van der Waals surface area contributed by atoms with E-state index in [1.54, 1.807) is 28.8 Å². The molecule has 0 unspecified atom stereocenters. The summed E-state index contributed by atoms with van der Waals surface area (Å²) in [4.78, 5) is 26.1. The van der Waals surface area contributed by atoms with Gasteiger partial charge in [-0.1, -0.05) is 24.3 Å². The Morgan fingerprint density at radius 2 is 1.70 bits per heavy atom. The van der Waals surface area contributed by atoms with Crippen LogP contribution in [0.15, 0.2) is 60.3 Å². The summed E-state index contributed by atoms with van der Waals surface area (Å²) in [5.41, 5.74) is 3.42. The SMILES string of the molecule is Cc1cc(C=C2NC(=O)N(Cc3ccc(F)cc3)C2=O)c(C)n1-c1ccccc1F. The topological polar surface area (TPSA) is 54.3 Å². The first kappa shape index (κ1) is 19.6. The molecule has 2 aromatic carbocycles. The van der Waals surface area contributed by atoms with Crippen LogP contribution in [0.3, 0.4) is 0 Å². The monoisotopic (exact) mass is 407 g/mol. The number of nitrogens with one attached hydrogen (secondary N) is 1. The minimum absolute atomic E-state index is 0.0382. The van der Waals surface area contributed by atoms with Gasteiger partial charge in [-0.2, -0.15) is 0 Å². The van der Waals surface area contributed by atoms with Crippen LogP contribution in [-0.2, 0) is 11.3 Å². The summed E-state index contributed by atoms with van der Waals surface area (Å²) < 4.78 is 29.1. The Kier molecular flexibility index (Phi) is 4.95. The van der Waals surface area contributed by atoms with Crippen molar-refractivity contribution >= 4 is 18.0 Å². The second-order valence-electron chi connectivity index (χ2n) is 7.12. The molecule has 1 aliphatic heterocycles. The average molecular weight is 407 g/mol. The van der Waals surface area contributed by atoms with E-state index in [9.17, 15) is 18.4 Å². The lowest BCUT2D eigenvalue weighted by Crippen LogP contribution is -2.30. The van der Waals surface area contributed by atoms with E-state index < -0.39 is 11.9 Å². The number of imide groups is 1. The summed E-state index contributed by atoms with van der Waals surface area (Å²) in [6, 6.07) is 13.3. The molecule has 1 fully saturated rings. The molecule has 0 atom stereocenters. The molecule has 1 aliphatic rings. The maximum Gasteiger partial charge on any atom is 0.329 e. The number of amides is 3. The summed E-state index contributed by atoms with van der Waals surface area (Å²) >= 11 is 0. The molecule has 4 rings (SSSR count). The van der Waals surface area contributed by atoms with Gasteiger partial charge in [-0.05, 0) is 61.4 Å². The lowest BCUT2D eigenvalue weighted by atomic mass is 10.2. The van der Waals surface area contributed by atoms with Gasteiger partial charge in [0.05, 0.1) is 12.2 Å². The Balaban J connectivity index is 1.63. The van der Waals surface area contributed by atoms with Crippen LogP contribution >= 0.6 is 0 Å². The van der Waals surface area contributed by atoms with E-state index in [-0.39, 0.29) is 23.9 Å². The Morgan fingerprint density at radius 3 is 2.40 bits per heavy atom. The summed E-state index contributed by atoms with van der Waals surface area (Å²) in [5, 5.41) is 2.58. The van der Waals surface area contributed by atoms with Crippen LogP contribution in [0.4, 0.5) is 13.6 Å². The van der Waals surface area contributed by atoms with Crippen LogP contribution in [0.5, 0.6) is 0 Å². The van der Waals surface area contributed by atoms with Gasteiger partial charge in [0.2, 0.25) is 0 Å². The molecule has 1 aromatic heterocycles.